The number of halogens is 1. The van der Waals surface area contributed by atoms with Crippen molar-refractivity contribution in [3.8, 4) is 0 Å². The zero-order valence-corrected chi connectivity index (χ0v) is 14.9. The molecule has 0 aliphatic carbocycles. The van der Waals surface area contributed by atoms with Crippen LogP contribution in [0, 0.1) is 16.0 Å². The molecule has 24 heavy (non-hydrogen) atoms. The number of aromatic nitrogens is 2. The fourth-order valence-electron chi connectivity index (χ4n) is 2.39. The molecule has 0 aliphatic heterocycles. The molecule has 1 aromatic heterocycles. The van der Waals surface area contributed by atoms with Crippen molar-refractivity contribution in [3.63, 3.8) is 0 Å². The summed E-state index contributed by atoms with van der Waals surface area (Å²) in [6.07, 6.45) is 3.88. The average Bonchev–Trinajstić information content (AvgIpc) is 2.58. The third-order valence-electron chi connectivity index (χ3n) is 3.84. The van der Waals surface area contributed by atoms with Gasteiger partial charge in [0.15, 0.2) is 10.3 Å². The van der Waals surface area contributed by atoms with Gasteiger partial charge in [-0.3, -0.25) is 5.41 Å². The Morgan fingerprint density at radius 3 is 2.50 bits per heavy atom. The van der Waals surface area contributed by atoms with Crippen LogP contribution in [0.2, 0.25) is 0 Å². The number of aryl methyl sites for hydroxylation is 1. The summed E-state index contributed by atoms with van der Waals surface area (Å²) in [7, 11) is 3.68. The monoisotopic (exact) mass is 349 g/mol. The zero-order chi connectivity index (χ0) is 17.5. The topological polar surface area (TPSA) is 57.8 Å². The summed E-state index contributed by atoms with van der Waals surface area (Å²) in [4.78, 5) is 0. The van der Waals surface area contributed by atoms with Crippen molar-refractivity contribution in [2.45, 2.75) is 19.4 Å². The summed E-state index contributed by atoms with van der Waals surface area (Å²) in [6.45, 7) is 2.46. The minimum Gasteiger partial charge on any atom is -0.381 e. The highest BCUT2D eigenvalue weighted by molar-refractivity contribution is 7.71. The first-order valence-corrected chi connectivity index (χ1v) is 8.40. The van der Waals surface area contributed by atoms with Gasteiger partial charge in [0, 0.05) is 33.4 Å². The minimum absolute atomic E-state index is 0.204. The van der Waals surface area contributed by atoms with Gasteiger partial charge in [0.2, 0.25) is 0 Å². The molecule has 130 valence electrons. The van der Waals surface area contributed by atoms with Crippen LogP contribution in [0.4, 0.5) is 10.1 Å². The number of anilines is 1. The minimum atomic E-state index is -0.204. The SMILES string of the molecule is Cn1cc(NCCCCNCc2ccc(F)cc2)c(=N)n(C)c1=S. The summed E-state index contributed by atoms with van der Waals surface area (Å²) in [5, 5.41) is 14.7. The van der Waals surface area contributed by atoms with E-state index < -0.39 is 0 Å². The van der Waals surface area contributed by atoms with Gasteiger partial charge in [-0.2, -0.15) is 0 Å². The van der Waals surface area contributed by atoms with E-state index in [1.165, 1.54) is 12.1 Å². The van der Waals surface area contributed by atoms with Crippen LogP contribution in [0.3, 0.4) is 0 Å². The quantitative estimate of drug-likeness (QED) is 0.507. The van der Waals surface area contributed by atoms with E-state index in [-0.39, 0.29) is 5.82 Å². The first-order chi connectivity index (χ1) is 11.5. The third-order valence-corrected chi connectivity index (χ3v) is 4.40. The molecule has 5 nitrogen and oxygen atoms in total. The van der Waals surface area contributed by atoms with Crippen molar-refractivity contribution < 1.29 is 4.39 Å². The highest BCUT2D eigenvalue weighted by Crippen LogP contribution is 2.03. The second-order valence-corrected chi connectivity index (χ2v) is 6.15. The molecule has 0 radical (unpaired) electrons. The van der Waals surface area contributed by atoms with Gasteiger partial charge in [0.1, 0.15) is 5.82 Å². The predicted molar refractivity (Wildman–Crippen MR) is 96.9 cm³/mol. The molecule has 0 spiro atoms. The Hall–Kier alpha value is -1.99. The molecule has 0 fully saturated rings. The molecule has 3 N–H and O–H groups in total. The first-order valence-electron chi connectivity index (χ1n) is 7.99. The number of benzene rings is 1. The molecule has 0 amide bonds. The molecule has 0 atom stereocenters. The van der Waals surface area contributed by atoms with Gasteiger partial charge in [-0.1, -0.05) is 12.1 Å². The maximum Gasteiger partial charge on any atom is 0.180 e. The molecule has 2 aromatic rings. The molecule has 0 bridgehead atoms. The van der Waals surface area contributed by atoms with Crippen LogP contribution in [0.25, 0.3) is 0 Å². The smallest absolute Gasteiger partial charge is 0.180 e. The lowest BCUT2D eigenvalue weighted by molar-refractivity contribution is 0.618. The largest absolute Gasteiger partial charge is 0.381 e. The first kappa shape index (κ1) is 18.4. The summed E-state index contributed by atoms with van der Waals surface area (Å²) in [5.41, 5.74) is 2.26. The number of hydrogen-bond acceptors (Lipinski definition) is 4. The molecule has 0 saturated heterocycles. The number of rotatable bonds is 8. The number of unbranched alkanes of at least 4 members (excludes halogenated alkanes) is 1. The molecule has 1 aromatic carbocycles. The van der Waals surface area contributed by atoms with E-state index in [2.05, 4.69) is 10.6 Å². The highest BCUT2D eigenvalue weighted by atomic mass is 32.1. The van der Waals surface area contributed by atoms with Crippen molar-refractivity contribution in [3.05, 3.63) is 52.1 Å². The number of hydrogen-bond donors (Lipinski definition) is 3. The van der Waals surface area contributed by atoms with Crippen LogP contribution in [0.5, 0.6) is 0 Å². The van der Waals surface area contributed by atoms with Crippen molar-refractivity contribution >= 4 is 17.9 Å². The van der Waals surface area contributed by atoms with E-state index in [9.17, 15) is 4.39 Å². The molecule has 7 heteroatoms. The predicted octanol–water partition coefficient (Wildman–Crippen LogP) is 2.69. The van der Waals surface area contributed by atoms with Gasteiger partial charge in [-0.05, 0) is 49.3 Å². The van der Waals surface area contributed by atoms with E-state index in [4.69, 9.17) is 17.6 Å². The molecule has 0 unspecified atom stereocenters. The van der Waals surface area contributed by atoms with Crippen LogP contribution < -0.4 is 16.1 Å². The summed E-state index contributed by atoms with van der Waals surface area (Å²) >= 11 is 5.22. The van der Waals surface area contributed by atoms with Gasteiger partial charge in [0.05, 0.1) is 5.69 Å². The van der Waals surface area contributed by atoms with Crippen LogP contribution >= 0.6 is 12.2 Å². The number of nitrogens with one attached hydrogen (secondary N) is 3. The van der Waals surface area contributed by atoms with Crippen LogP contribution in [0.15, 0.2) is 30.5 Å². The van der Waals surface area contributed by atoms with E-state index in [0.29, 0.717) is 10.3 Å². The Morgan fingerprint density at radius 1 is 1.12 bits per heavy atom. The van der Waals surface area contributed by atoms with Crippen molar-refractivity contribution in [1.82, 2.24) is 14.5 Å². The second-order valence-electron chi connectivity index (χ2n) is 5.78. The second kappa shape index (κ2) is 8.75. The van der Waals surface area contributed by atoms with Gasteiger partial charge in [-0.25, -0.2) is 4.39 Å². The molecular weight excluding hydrogens is 325 g/mol. The Kier molecular flexibility index (Phi) is 6.69. The lowest BCUT2D eigenvalue weighted by Crippen LogP contribution is -2.25. The summed E-state index contributed by atoms with van der Waals surface area (Å²) in [6, 6.07) is 6.55. The third kappa shape index (κ3) is 5.01. The number of nitrogens with zero attached hydrogens (tertiary/aromatic N) is 2. The Bertz CT molecular complexity index is 779. The van der Waals surface area contributed by atoms with Crippen LogP contribution in [-0.4, -0.2) is 22.2 Å². The van der Waals surface area contributed by atoms with Crippen molar-refractivity contribution in [2.24, 2.45) is 14.1 Å². The average molecular weight is 349 g/mol. The normalized spacial score (nSPS) is 10.8. The lowest BCUT2D eigenvalue weighted by Gasteiger charge is -2.12. The molecule has 0 aliphatic rings. The van der Waals surface area contributed by atoms with Crippen molar-refractivity contribution in [2.75, 3.05) is 18.4 Å². The summed E-state index contributed by atoms with van der Waals surface area (Å²) in [5.74, 6) is -0.204. The van der Waals surface area contributed by atoms with Crippen molar-refractivity contribution in [1.29, 1.82) is 5.41 Å². The Morgan fingerprint density at radius 2 is 1.79 bits per heavy atom. The van der Waals surface area contributed by atoms with E-state index >= 15 is 0 Å². The maximum atomic E-state index is 12.8. The van der Waals surface area contributed by atoms with E-state index in [1.54, 1.807) is 23.7 Å². The van der Waals surface area contributed by atoms with Crippen LogP contribution in [-0.2, 0) is 20.6 Å². The zero-order valence-electron chi connectivity index (χ0n) is 14.1. The Labute approximate surface area is 146 Å². The molecule has 0 saturated carbocycles. The maximum absolute atomic E-state index is 12.8. The Balaban J connectivity index is 1.68. The van der Waals surface area contributed by atoms with Crippen LogP contribution in [0.1, 0.15) is 18.4 Å². The van der Waals surface area contributed by atoms with Gasteiger partial charge in [0.25, 0.3) is 0 Å². The fourth-order valence-corrected chi connectivity index (χ4v) is 2.53. The molecular formula is C17H24FN5S. The summed E-state index contributed by atoms with van der Waals surface area (Å²) < 4.78 is 16.9. The fraction of sp³-hybridized carbons (Fsp3) is 0.412. The standard InChI is InChI=1S/C17H24FN5S/c1-22-12-15(16(19)23(2)17(22)24)21-10-4-3-9-20-11-13-5-7-14(18)8-6-13/h5-8,12,19-21H,3-4,9-11H2,1-2H3. The highest BCUT2D eigenvalue weighted by Gasteiger charge is 2.01. The van der Waals surface area contributed by atoms with Gasteiger partial charge in [-0.15, -0.1) is 0 Å². The molecule has 2 rings (SSSR count). The van der Waals surface area contributed by atoms with E-state index in [0.717, 1.165) is 43.7 Å². The molecule has 1 heterocycles. The van der Waals surface area contributed by atoms with Gasteiger partial charge >= 0.3 is 0 Å². The lowest BCUT2D eigenvalue weighted by atomic mass is 10.2. The van der Waals surface area contributed by atoms with Gasteiger partial charge < -0.3 is 19.8 Å². The van der Waals surface area contributed by atoms with E-state index in [1.807, 2.05) is 17.8 Å².